The van der Waals surface area contributed by atoms with Gasteiger partial charge in [-0.25, -0.2) is 9.69 Å². The van der Waals surface area contributed by atoms with Gasteiger partial charge < -0.3 is 10.3 Å². The molecule has 1 fully saturated rings. The van der Waals surface area contributed by atoms with E-state index in [1.165, 1.54) is 4.90 Å². The fourth-order valence-electron chi connectivity index (χ4n) is 6.24. The Bertz CT molecular complexity index is 1850. The van der Waals surface area contributed by atoms with Crippen molar-refractivity contribution in [2.45, 2.75) is 24.9 Å². The summed E-state index contributed by atoms with van der Waals surface area (Å²) in [5.41, 5.74) is 5.28. The highest BCUT2D eigenvalue weighted by atomic mass is 35.5. The third-order valence-corrected chi connectivity index (χ3v) is 8.38. The van der Waals surface area contributed by atoms with E-state index in [2.05, 4.69) is 10.3 Å². The molecule has 2 N–H and O–H groups in total. The van der Waals surface area contributed by atoms with Crippen molar-refractivity contribution in [2.24, 2.45) is 0 Å². The molecular weight excluding hydrogens is 548 g/mol. The van der Waals surface area contributed by atoms with Gasteiger partial charge in [0, 0.05) is 34.6 Å². The average Bonchev–Trinajstić information content (AvgIpc) is 3.50. The number of aromatic amines is 1. The number of nitrogens with one attached hydrogen (secondary N) is 2. The lowest BCUT2D eigenvalue weighted by atomic mass is 9.89. The quantitative estimate of drug-likeness (QED) is 0.234. The van der Waals surface area contributed by atoms with Crippen LogP contribution >= 0.6 is 11.6 Å². The Morgan fingerprint density at radius 3 is 2.50 bits per heavy atom. The van der Waals surface area contributed by atoms with Crippen LogP contribution in [0.2, 0.25) is 5.02 Å². The predicted molar refractivity (Wildman–Crippen MR) is 163 cm³/mol. The summed E-state index contributed by atoms with van der Waals surface area (Å²) in [6, 6.07) is 30.2. The maximum atomic E-state index is 14.3. The Kier molecular flexibility index (Phi) is 6.52. The minimum absolute atomic E-state index is 0.274. The number of anilines is 1. The second kappa shape index (κ2) is 10.5. The number of imide groups is 1. The first kappa shape index (κ1) is 26.0. The zero-order chi connectivity index (χ0) is 28.8. The van der Waals surface area contributed by atoms with E-state index in [0.717, 1.165) is 33.3 Å². The number of hydrogen-bond donors (Lipinski definition) is 2. The van der Waals surface area contributed by atoms with Crippen molar-refractivity contribution in [1.29, 1.82) is 0 Å². The molecule has 0 radical (unpaired) electrons. The summed E-state index contributed by atoms with van der Waals surface area (Å²) in [5.74, 6) is -0.692. The number of benzene rings is 4. The number of fused-ring (bicyclic) bond motifs is 4. The molecule has 0 bridgehead atoms. The molecule has 208 valence electrons. The molecule has 5 aromatic rings. The van der Waals surface area contributed by atoms with Gasteiger partial charge in [0.1, 0.15) is 12.1 Å². The molecule has 1 saturated heterocycles. The Morgan fingerprint density at radius 2 is 1.67 bits per heavy atom. The Hall–Kier alpha value is -4.88. The van der Waals surface area contributed by atoms with E-state index in [1.807, 2.05) is 72.8 Å². The molecule has 1 aromatic heterocycles. The molecule has 0 unspecified atom stereocenters. The number of halogens is 1. The molecule has 8 heteroatoms. The molecule has 7 rings (SSSR count). The van der Waals surface area contributed by atoms with Crippen molar-refractivity contribution in [3.05, 3.63) is 136 Å². The predicted octanol–water partition coefficient (Wildman–Crippen LogP) is 6.28. The number of hydrogen-bond acceptors (Lipinski definition) is 3. The van der Waals surface area contributed by atoms with Crippen LogP contribution in [-0.4, -0.2) is 40.3 Å². The van der Waals surface area contributed by atoms with Crippen molar-refractivity contribution in [1.82, 2.24) is 15.2 Å². The molecule has 2 atom stereocenters. The van der Waals surface area contributed by atoms with Crippen LogP contribution in [0.25, 0.3) is 10.9 Å². The van der Waals surface area contributed by atoms with E-state index in [0.29, 0.717) is 24.4 Å². The van der Waals surface area contributed by atoms with Gasteiger partial charge in [0.25, 0.3) is 11.8 Å². The highest BCUT2D eigenvalue weighted by Gasteiger charge is 2.53. The minimum Gasteiger partial charge on any atom is -0.356 e. The van der Waals surface area contributed by atoms with Gasteiger partial charge in [0.15, 0.2) is 0 Å². The Labute approximate surface area is 247 Å². The van der Waals surface area contributed by atoms with Crippen molar-refractivity contribution in [3.8, 4) is 0 Å². The third-order valence-electron chi connectivity index (χ3n) is 8.15. The molecule has 4 amide bonds. The van der Waals surface area contributed by atoms with E-state index in [4.69, 9.17) is 11.6 Å². The fraction of sp³-hybridized carbons (Fsp3) is 0.147. The lowest BCUT2D eigenvalue weighted by Crippen LogP contribution is -2.44. The lowest BCUT2D eigenvalue weighted by molar-refractivity contribution is -0.120. The van der Waals surface area contributed by atoms with Crippen LogP contribution in [-0.2, 0) is 17.6 Å². The normalized spacial score (nSPS) is 17.8. The molecule has 0 saturated carbocycles. The van der Waals surface area contributed by atoms with Crippen molar-refractivity contribution < 1.29 is 14.4 Å². The van der Waals surface area contributed by atoms with Crippen LogP contribution < -0.4 is 10.2 Å². The fourth-order valence-corrected chi connectivity index (χ4v) is 6.44. The van der Waals surface area contributed by atoms with Gasteiger partial charge in [-0.1, -0.05) is 84.4 Å². The molecule has 3 heterocycles. The van der Waals surface area contributed by atoms with Gasteiger partial charge in [-0.05, 0) is 53.4 Å². The summed E-state index contributed by atoms with van der Waals surface area (Å²) in [4.78, 5) is 48.1. The van der Waals surface area contributed by atoms with Crippen LogP contribution in [0.5, 0.6) is 0 Å². The van der Waals surface area contributed by atoms with Gasteiger partial charge in [0.05, 0.1) is 11.3 Å². The van der Waals surface area contributed by atoms with Gasteiger partial charge >= 0.3 is 6.03 Å². The van der Waals surface area contributed by atoms with Crippen LogP contribution in [0.15, 0.2) is 103 Å². The zero-order valence-corrected chi connectivity index (χ0v) is 23.3. The monoisotopic (exact) mass is 574 g/mol. The van der Waals surface area contributed by atoms with E-state index in [1.54, 1.807) is 35.2 Å². The molecule has 2 aliphatic rings. The Morgan fingerprint density at radius 1 is 0.905 bits per heavy atom. The lowest BCUT2D eigenvalue weighted by Gasteiger charge is -2.36. The Balaban J connectivity index is 1.25. The van der Waals surface area contributed by atoms with E-state index < -0.39 is 18.1 Å². The highest BCUT2D eigenvalue weighted by Crippen LogP contribution is 2.45. The first-order valence-electron chi connectivity index (χ1n) is 13.9. The highest BCUT2D eigenvalue weighted by molar-refractivity contribution is 6.30. The first-order chi connectivity index (χ1) is 20.5. The molecule has 0 spiro atoms. The summed E-state index contributed by atoms with van der Waals surface area (Å²) < 4.78 is 0. The topological polar surface area (TPSA) is 85.5 Å². The van der Waals surface area contributed by atoms with E-state index >= 15 is 0 Å². The van der Waals surface area contributed by atoms with Gasteiger partial charge in [-0.2, -0.15) is 0 Å². The van der Waals surface area contributed by atoms with Crippen molar-refractivity contribution >= 4 is 46.0 Å². The minimum atomic E-state index is -0.734. The number of carbonyl (C=O) groups excluding carboxylic acids is 3. The molecular formula is C34H27ClN4O3. The van der Waals surface area contributed by atoms with E-state index in [9.17, 15) is 14.4 Å². The largest absolute Gasteiger partial charge is 0.356 e. The van der Waals surface area contributed by atoms with Crippen LogP contribution in [0.3, 0.4) is 0 Å². The third kappa shape index (κ3) is 4.33. The summed E-state index contributed by atoms with van der Waals surface area (Å²) in [6.07, 6.45) is 1.03. The maximum Gasteiger partial charge on any atom is 0.332 e. The summed E-state index contributed by atoms with van der Waals surface area (Å²) >= 11 is 6.40. The number of aromatic nitrogens is 1. The second-order valence-corrected chi connectivity index (χ2v) is 11.0. The zero-order valence-electron chi connectivity index (χ0n) is 22.6. The molecule has 42 heavy (non-hydrogen) atoms. The number of H-pyrrole nitrogens is 1. The van der Waals surface area contributed by atoms with Crippen LogP contribution in [0, 0.1) is 0 Å². The number of carbonyl (C=O) groups is 3. The first-order valence-corrected chi connectivity index (χ1v) is 14.3. The van der Waals surface area contributed by atoms with Gasteiger partial charge in [-0.3, -0.25) is 14.5 Å². The van der Waals surface area contributed by atoms with Crippen molar-refractivity contribution in [3.63, 3.8) is 0 Å². The van der Waals surface area contributed by atoms with Crippen LogP contribution in [0.4, 0.5) is 10.5 Å². The second-order valence-electron chi connectivity index (χ2n) is 10.6. The van der Waals surface area contributed by atoms with Crippen molar-refractivity contribution in [2.75, 3.05) is 11.4 Å². The molecule has 0 aliphatic carbocycles. The molecule has 2 aliphatic heterocycles. The summed E-state index contributed by atoms with van der Waals surface area (Å²) in [6.45, 7) is 0.423. The summed E-state index contributed by atoms with van der Waals surface area (Å²) in [5, 5.41) is 4.52. The van der Waals surface area contributed by atoms with E-state index in [-0.39, 0.29) is 23.1 Å². The maximum absolute atomic E-state index is 14.3. The number of amides is 4. The SMILES string of the molecule is O=C(NCCc1ccccc1)c1ccccc1N1C(=O)[C@@H]2Cc3c([nH]c4ccccc34)[C@H](c3cccc(Cl)c3)N2C1=O. The van der Waals surface area contributed by atoms with Gasteiger partial charge in [-0.15, -0.1) is 0 Å². The molecule has 7 nitrogen and oxygen atoms in total. The number of para-hydroxylation sites is 2. The smallest absolute Gasteiger partial charge is 0.332 e. The number of urea groups is 1. The van der Waals surface area contributed by atoms with Gasteiger partial charge in [0.2, 0.25) is 0 Å². The standard InChI is InChI=1S/C34H27ClN4O3/c35-23-12-8-11-22(19-23)31-30-26(24-13-4-6-15-27(24)37-30)20-29-33(41)39(34(42)38(29)31)28-16-7-5-14-25(28)32(40)36-18-17-21-9-2-1-3-10-21/h1-16,19,29,31,37H,17-18,20H2,(H,36,40)/t29-,31-/m0/s1. The average molecular weight is 575 g/mol. The van der Waals surface area contributed by atoms with Crippen LogP contribution in [0.1, 0.15) is 38.8 Å². The molecule has 4 aromatic carbocycles. The number of nitrogens with zero attached hydrogens (tertiary/aromatic N) is 2. The summed E-state index contributed by atoms with van der Waals surface area (Å²) in [7, 11) is 0. The number of rotatable bonds is 6.